The summed E-state index contributed by atoms with van der Waals surface area (Å²) < 4.78 is 7.22. The maximum Gasteiger partial charge on any atom is 0.137 e. The first-order valence-electron chi connectivity index (χ1n) is 4.92. The molecule has 0 amide bonds. The molecule has 3 aromatic heterocycles. The Morgan fingerprint density at radius 1 is 1.40 bits per heavy atom. The lowest BCUT2D eigenvalue weighted by Crippen LogP contribution is -2.02. The van der Waals surface area contributed by atoms with Crippen LogP contribution in [0.5, 0.6) is 0 Å². The molecule has 15 heavy (non-hydrogen) atoms. The highest BCUT2D eigenvalue weighted by molar-refractivity contribution is 5.94. The predicted octanol–water partition coefficient (Wildman–Crippen LogP) is 1.58. The molecule has 0 spiro atoms. The third-order valence-electron chi connectivity index (χ3n) is 2.60. The van der Waals surface area contributed by atoms with Gasteiger partial charge in [-0.2, -0.15) is 5.10 Å². The van der Waals surface area contributed by atoms with Gasteiger partial charge in [0.15, 0.2) is 0 Å². The van der Waals surface area contributed by atoms with Crippen LogP contribution in [0.25, 0.3) is 16.5 Å². The molecule has 3 aromatic rings. The van der Waals surface area contributed by atoms with Crippen molar-refractivity contribution in [3.63, 3.8) is 0 Å². The lowest BCUT2D eigenvalue weighted by atomic mass is 10.1. The normalized spacial score (nSPS) is 11.5. The quantitative estimate of drug-likeness (QED) is 0.684. The van der Waals surface area contributed by atoms with Gasteiger partial charge in [0, 0.05) is 11.6 Å². The van der Waals surface area contributed by atoms with Crippen molar-refractivity contribution < 1.29 is 4.42 Å². The summed E-state index contributed by atoms with van der Waals surface area (Å²) in [5.41, 5.74) is 8.73. The Labute approximate surface area is 86.3 Å². The summed E-state index contributed by atoms with van der Waals surface area (Å²) in [6.07, 6.45) is 6.31. The number of hydrogen-bond donors (Lipinski definition) is 1. The molecule has 3 heterocycles. The smallest absolute Gasteiger partial charge is 0.137 e. The van der Waals surface area contributed by atoms with E-state index in [1.54, 1.807) is 6.26 Å². The maximum absolute atomic E-state index is 5.57. The average molecular weight is 201 g/mol. The van der Waals surface area contributed by atoms with Crippen LogP contribution in [0.15, 0.2) is 35.2 Å². The number of aromatic nitrogens is 2. The minimum absolute atomic E-state index is 0.635. The highest BCUT2D eigenvalue weighted by atomic mass is 16.3. The van der Waals surface area contributed by atoms with Gasteiger partial charge in [-0.3, -0.25) is 0 Å². The number of nitrogens with two attached hydrogens (primary N) is 1. The Balaban J connectivity index is 2.41. The second-order valence-corrected chi connectivity index (χ2v) is 3.52. The summed E-state index contributed by atoms with van der Waals surface area (Å²) in [4.78, 5) is 0. The predicted molar refractivity (Wildman–Crippen MR) is 57.7 cm³/mol. The van der Waals surface area contributed by atoms with Crippen LogP contribution in [-0.2, 0) is 6.42 Å². The van der Waals surface area contributed by atoms with E-state index in [4.69, 9.17) is 10.2 Å². The molecule has 3 rings (SSSR count). The van der Waals surface area contributed by atoms with Crippen molar-refractivity contribution in [3.05, 3.63) is 36.4 Å². The zero-order valence-electron chi connectivity index (χ0n) is 8.18. The van der Waals surface area contributed by atoms with E-state index in [1.165, 1.54) is 5.56 Å². The van der Waals surface area contributed by atoms with Crippen LogP contribution in [0.1, 0.15) is 5.56 Å². The van der Waals surface area contributed by atoms with Gasteiger partial charge in [0.2, 0.25) is 0 Å². The molecule has 0 bridgehead atoms. The Morgan fingerprint density at radius 2 is 2.33 bits per heavy atom. The monoisotopic (exact) mass is 201 g/mol. The molecule has 4 nitrogen and oxygen atoms in total. The van der Waals surface area contributed by atoms with E-state index in [0.717, 1.165) is 22.9 Å². The molecule has 76 valence electrons. The van der Waals surface area contributed by atoms with Crippen LogP contribution in [0.4, 0.5) is 0 Å². The summed E-state index contributed by atoms with van der Waals surface area (Å²) in [7, 11) is 0. The molecule has 0 saturated heterocycles. The third-order valence-corrected chi connectivity index (χ3v) is 2.60. The van der Waals surface area contributed by atoms with Crippen molar-refractivity contribution >= 4 is 16.5 Å². The fraction of sp³-hybridized carbons (Fsp3) is 0.182. The van der Waals surface area contributed by atoms with Crippen LogP contribution in [-0.4, -0.2) is 16.2 Å². The molecular weight excluding hydrogens is 190 g/mol. The van der Waals surface area contributed by atoms with Crippen LogP contribution in [0, 0.1) is 0 Å². The van der Waals surface area contributed by atoms with Crippen LogP contribution >= 0.6 is 0 Å². The second kappa shape index (κ2) is 3.10. The third kappa shape index (κ3) is 1.15. The van der Waals surface area contributed by atoms with E-state index < -0.39 is 0 Å². The van der Waals surface area contributed by atoms with Gasteiger partial charge in [0.1, 0.15) is 5.58 Å². The minimum Gasteiger partial charge on any atom is -0.464 e. The zero-order valence-corrected chi connectivity index (χ0v) is 8.18. The topological polar surface area (TPSA) is 56.5 Å². The first-order valence-corrected chi connectivity index (χ1v) is 4.92. The molecule has 0 radical (unpaired) electrons. The van der Waals surface area contributed by atoms with Gasteiger partial charge in [0.05, 0.1) is 18.0 Å². The molecular formula is C11H11N3O. The second-order valence-electron chi connectivity index (χ2n) is 3.52. The van der Waals surface area contributed by atoms with Crippen molar-refractivity contribution in [1.82, 2.24) is 9.61 Å². The van der Waals surface area contributed by atoms with E-state index in [0.29, 0.717) is 6.54 Å². The van der Waals surface area contributed by atoms with Crippen LogP contribution in [0.2, 0.25) is 0 Å². The van der Waals surface area contributed by atoms with Crippen molar-refractivity contribution in [1.29, 1.82) is 0 Å². The molecule has 0 fully saturated rings. The Bertz CT molecular complexity index is 608. The van der Waals surface area contributed by atoms with E-state index in [-0.39, 0.29) is 0 Å². The van der Waals surface area contributed by atoms with Crippen LogP contribution in [0.3, 0.4) is 0 Å². The molecule has 0 aliphatic carbocycles. The Kier molecular flexibility index (Phi) is 1.76. The number of hydrogen-bond acceptors (Lipinski definition) is 3. The fourth-order valence-corrected chi connectivity index (χ4v) is 1.93. The van der Waals surface area contributed by atoms with Crippen molar-refractivity contribution in [2.75, 3.05) is 6.54 Å². The van der Waals surface area contributed by atoms with Crippen molar-refractivity contribution in [2.24, 2.45) is 5.73 Å². The number of nitrogens with zero attached hydrogens (tertiary/aromatic N) is 2. The van der Waals surface area contributed by atoms with E-state index in [1.807, 2.05) is 29.0 Å². The fourth-order valence-electron chi connectivity index (χ4n) is 1.93. The van der Waals surface area contributed by atoms with Crippen molar-refractivity contribution in [3.8, 4) is 0 Å². The number of rotatable bonds is 2. The van der Waals surface area contributed by atoms with Gasteiger partial charge >= 0.3 is 0 Å². The molecule has 0 aliphatic heterocycles. The molecule has 2 N–H and O–H groups in total. The number of furan rings is 1. The molecule has 0 aliphatic rings. The van der Waals surface area contributed by atoms with Gasteiger partial charge < -0.3 is 10.2 Å². The number of fused-ring (bicyclic) bond motifs is 3. The summed E-state index contributed by atoms with van der Waals surface area (Å²) in [5.74, 6) is 0. The average Bonchev–Trinajstić information content (AvgIpc) is 2.83. The van der Waals surface area contributed by atoms with Gasteiger partial charge in [0.25, 0.3) is 0 Å². The van der Waals surface area contributed by atoms with Gasteiger partial charge in [-0.1, -0.05) is 0 Å². The summed E-state index contributed by atoms with van der Waals surface area (Å²) >= 11 is 0. The zero-order chi connectivity index (χ0) is 10.3. The minimum atomic E-state index is 0.635. The summed E-state index contributed by atoms with van der Waals surface area (Å²) in [5, 5.41) is 5.38. The number of pyridine rings is 1. The largest absolute Gasteiger partial charge is 0.464 e. The van der Waals surface area contributed by atoms with Gasteiger partial charge in [-0.15, -0.1) is 0 Å². The first kappa shape index (κ1) is 8.49. The van der Waals surface area contributed by atoms with E-state index in [9.17, 15) is 0 Å². The van der Waals surface area contributed by atoms with E-state index in [2.05, 4.69) is 5.10 Å². The molecule has 0 atom stereocenters. The highest BCUT2D eigenvalue weighted by Gasteiger charge is 2.08. The maximum atomic E-state index is 5.57. The van der Waals surface area contributed by atoms with E-state index >= 15 is 0 Å². The SMILES string of the molecule is NCCc1cnn2ccc3occc3c12. The summed E-state index contributed by atoms with van der Waals surface area (Å²) in [6.45, 7) is 0.635. The summed E-state index contributed by atoms with van der Waals surface area (Å²) in [6, 6.07) is 3.88. The van der Waals surface area contributed by atoms with Crippen LogP contribution < -0.4 is 5.73 Å². The molecule has 0 unspecified atom stereocenters. The van der Waals surface area contributed by atoms with Gasteiger partial charge in [-0.05, 0) is 30.7 Å². The highest BCUT2D eigenvalue weighted by Crippen LogP contribution is 2.23. The Hall–Kier alpha value is -1.81. The van der Waals surface area contributed by atoms with Crippen molar-refractivity contribution in [2.45, 2.75) is 6.42 Å². The first-order chi connectivity index (χ1) is 7.40. The molecule has 0 saturated carbocycles. The van der Waals surface area contributed by atoms with Gasteiger partial charge in [-0.25, -0.2) is 4.52 Å². The molecule has 0 aromatic carbocycles. The lowest BCUT2D eigenvalue weighted by molar-refractivity contribution is 0.615. The standard InChI is InChI=1S/C11H11N3O/c12-4-1-8-7-13-14-5-2-10-9(11(8)14)3-6-15-10/h2-3,5-7H,1,4,12H2. The molecule has 4 heteroatoms. The Morgan fingerprint density at radius 3 is 3.20 bits per heavy atom. The lowest BCUT2D eigenvalue weighted by Gasteiger charge is -1.97.